The maximum atomic E-state index is 12.3. The van der Waals surface area contributed by atoms with Gasteiger partial charge in [-0.15, -0.1) is 11.3 Å². The fraction of sp³-hybridized carbons (Fsp3) is 0.312. The van der Waals surface area contributed by atoms with Gasteiger partial charge in [-0.05, 0) is 42.0 Å². The molecule has 1 heterocycles. The first-order valence-corrected chi connectivity index (χ1v) is 8.06. The van der Waals surface area contributed by atoms with Crippen LogP contribution in [0.3, 0.4) is 0 Å². The van der Waals surface area contributed by atoms with Gasteiger partial charge in [0.2, 0.25) is 0 Å². The summed E-state index contributed by atoms with van der Waals surface area (Å²) in [4.78, 5) is 12.9. The van der Waals surface area contributed by atoms with Crippen LogP contribution in [-0.2, 0) is 5.41 Å². The number of thiophene rings is 1. The van der Waals surface area contributed by atoms with Crippen molar-refractivity contribution < 1.29 is 9.53 Å². The number of carbonyl (C=O) groups is 1. The van der Waals surface area contributed by atoms with Crippen molar-refractivity contribution in [2.24, 2.45) is 0 Å². The molecule has 3 nitrogen and oxygen atoms in total. The van der Waals surface area contributed by atoms with Gasteiger partial charge < -0.3 is 10.1 Å². The van der Waals surface area contributed by atoms with Gasteiger partial charge in [0, 0.05) is 17.0 Å². The Kier molecular flexibility index (Phi) is 3.91. The monoisotopic (exact) mass is 321 g/mol. The van der Waals surface area contributed by atoms with Crippen LogP contribution < -0.4 is 10.1 Å². The molecule has 0 atom stereocenters. The summed E-state index contributed by atoms with van der Waals surface area (Å²) < 4.78 is 5.19. The normalized spacial score (nSPS) is 15.5. The lowest BCUT2D eigenvalue weighted by Gasteiger charge is -2.17. The summed E-state index contributed by atoms with van der Waals surface area (Å²) in [5.74, 6) is 0.556. The quantitative estimate of drug-likeness (QED) is 0.907. The largest absolute Gasteiger partial charge is 0.495 e. The number of hydrogen-bond donors (Lipinski definition) is 1. The highest BCUT2D eigenvalue weighted by molar-refractivity contribution is 7.12. The lowest BCUT2D eigenvalue weighted by atomic mass is 9.96. The molecule has 1 aliphatic rings. The number of ether oxygens (including phenoxy) is 1. The lowest BCUT2D eigenvalue weighted by molar-refractivity contribution is 0.0951. The van der Waals surface area contributed by atoms with Gasteiger partial charge in [0.05, 0.1) is 7.11 Å². The molecule has 0 aliphatic heterocycles. The topological polar surface area (TPSA) is 38.3 Å². The standard InChI is InChI=1S/C16H16ClNO2S/c1-20-13-5-8-21-14(13)15(19)18-10-16(6-7-16)11-3-2-4-12(17)9-11/h2-5,8-9H,6-7,10H2,1H3,(H,18,19). The van der Waals surface area contributed by atoms with Crippen LogP contribution >= 0.6 is 22.9 Å². The van der Waals surface area contributed by atoms with Crippen LogP contribution in [0.4, 0.5) is 0 Å². The van der Waals surface area contributed by atoms with Gasteiger partial charge in [0.1, 0.15) is 10.6 Å². The summed E-state index contributed by atoms with van der Waals surface area (Å²) in [5.41, 5.74) is 1.25. The van der Waals surface area contributed by atoms with E-state index in [2.05, 4.69) is 11.4 Å². The van der Waals surface area contributed by atoms with Crippen molar-refractivity contribution in [1.82, 2.24) is 5.32 Å². The molecule has 0 radical (unpaired) electrons. The summed E-state index contributed by atoms with van der Waals surface area (Å²) in [6.45, 7) is 0.632. The number of hydrogen-bond acceptors (Lipinski definition) is 3. The number of benzene rings is 1. The smallest absolute Gasteiger partial charge is 0.265 e. The van der Waals surface area contributed by atoms with E-state index in [0.717, 1.165) is 17.9 Å². The Labute approximate surface area is 132 Å². The second-order valence-electron chi connectivity index (χ2n) is 5.29. The van der Waals surface area contributed by atoms with Gasteiger partial charge >= 0.3 is 0 Å². The SMILES string of the molecule is COc1ccsc1C(=O)NCC1(c2cccc(Cl)c2)CC1. The van der Waals surface area contributed by atoms with Gasteiger partial charge in [0.25, 0.3) is 5.91 Å². The maximum Gasteiger partial charge on any atom is 0.265 e. The molecule has 0 saturated heterocycles. The number of nitrogens with one attached hydrogen (secondary N) is 1. The van der Waals surface area contributed by atoms with Gasteiger partial charge in [-0.2, -0.15) is 0 Å². The number of halogens is 1. The molecule has 1 aromatic carbocycles. The van der Waals surface area contributed by atoms with E-state index in [0.29, 0.717) is 17.2 Å². The van der Waals surface area contributed by atoms with Crippen LogP contribution in [0.5, 0.6) is 5.75 Å². The van der Waals surface area contributed by atoms with Crippen LogP contribution in [0, 0.1) is 0 Å². The number of amides is 1. The van der Waals surface area contributed by atoms with E-state index in [-0.39, 0.29) is 11.3 Å². The van der Waals surface area contributed by atoms with Gasteiger partial charge in [-0.3, -0.25) is 4.79 Å². The van der Waals surface area contributed by atoms with Crippen LogP contribution in [0.15, 0.2) is 35.7 Å². The average Bonchev–Trinajstić information content (AvgIpc) is 3.13. The minimum atomic E-state index is -0.0739. The average molecular weight is 322 g/mol. The van der Waals surface area contributed by atoms with Gasteiger partial charge in [-0.1, -0.05) is 23.7 Å². The molecule has 1 N–H and O–H groups in total. The van der Waals surface area contributed by atoms with Crippen LogP contribution in [0.1, 0.15) is 28.1 Å². The Bertz CT molecular complexity index is 664. The van der Waals surface area contributed by atoms with Crippen LogP contribution in [0.25, 0.3) is 0 Å². The molecule has 0 bridgehead atoms. The Morgan fingerprint density at radius 3 is 2.90 bits per heavy atom. The predicted molar refractivity (Wildman–Crippen MR) is 85.6 cm³/mol. The fourth-order valence-corrected chi connectivity index (χ4v) is 3.46. The molecule has 21 heavy (non-hydrogen) atoms. The Hall–Kier alpha value is -1.52. The van der Waals surface area contributed by atoms with Crippen LogP contribution in [-0.4, -0.2) is 19.6 Å². The minimum Gasteiger partial charge on any atom is -0.495 e. The maximum absolute atomic E-state index is 12.3. The molecule has 1 fully saturated rings. The van der Waals surface area contributed by atoms with E-state index < -0.39 is 0 Å². The van der Waals surface area contributed by atoms with Crippen molar-refractivity contribution in [3.63, 3.8) is 0 Å². The molecule has 0 unspecified atom stereocenters. The van der Waals surface area contributed by atoms with Crippen molar-refractivity contribution in [2.75, 3.05) is 13.7 Å². The van der Waals surface area contributed by atoms with Crippen molar-refractivity contribution in [3.05, 3.63) is 51.2 Å². The van der Waals surface area contributed by atoms with Crippen LogP contribution in [0.2, 0.25) is 5.02 Å². The molecule has 2 aromatic rings. The molecular weight excluding hydrogens is 306 g/mol. The van der Waals surface area contributed by atoms with E-state index in [1.807, 2.05) is 29.6 Å². The highest BCUT2D eigenvalue weighted by Gasteiger charge is 2.44. The third-order valence-corrected chi connectivity index (χ3v) is 5.06. The highest BCUT2D eigenvalue weighted by Crippen LogP contribution is 2.48. The van der Waals surface area contributed by atoms with Crippen molar-refractivity contribution in [3.8, 4) is 5.75 Å². The van der Waals surface area contributed by atoms with Crippen molar-refractivity contribution >= 4 is 28.8 Å². The Morgan fingerprint density at radius 1 is 1.43 bits per heavy atom. The minimum absolute atomic E-state index is 0.0467. The summed E-state index contributed by atoms with van der Waals surface area (Å²) >= 11 is 7.45. The van der Waals surface area contributed by atoms with E-state index in [1.165, 1.54) is 16.9 Å². The first-order chi connectivity index (χ1) is 10.1. The number of rotatable bonds is 5. The second-order valence-corrected chi connectivity index (χ2v) is 6.64. The molecule has 3 rings (SSSR count). The third-order valence-electron chi connectivity index (χ3n) is 3.93. The zero-order valence-electron chi connectivity index (χ0n) is 11.7. The number of carbonyl (C=O) groups excluding carboxylic acids is 1. The van der Waals surface area contributed by atoms with Crippen molar-refractivity contribution in [2.45, 2.75) is 18.3 Å². The van der Waals surface area contributed by atoms with E-state index in [4.69, 9.17) is 16.3 Å². The fourth-order valence-electron chi connectivity index (χ4n) is 2.49. The molecular formula is C16H16ClNO2S. The van der Waals surface area contributed by atoms with E-state index in [1.54, 1.807) is 7.11 Å². The summed E-state index contributed by atoms with van der Waals surface area (Å²) in [6.07, 6.45) is 2.16. The molecule has 110 valence electrons. The molecule has 1 aliphatic carbocycles. The third kappa shape index (κ3) is 2.92. The van der Waals surface area contributed by atoms with Gasteiger partial charge in [-0.25, -0.2) is 0 Å². The second kappa shape index (κ2) is 5.70. The van der Waals surface area contributed by atoms with E-state index in [9.17, 15) is 4.79 Å². The van der Waals surface area contributed by atoms with E-state index >= 15 is 0 Å². The molecule has 1 saturated carbocycles. The van der Waals surface area contributed by atoms with Crippen molar-refractivity contribution in [1.29, 1.82) is 0 Å². The molecule has 5 heteroatoms. The number of methoxy groups -OCH3 is 1. The Morgan fingerprint density at radius 2 is 2.24 bits per heavy atom. The summed E-state index contributed by atoms with van der Waals surface area (Å²) in [7, 11) is 1.58. The molecule has 1 aromatic heterocycles. The van der Waals surface area contributed by atoms with Gasteiger partial charge in [0.15, 0.2) is 0 Å². The zero-order valence-corrected chi connectivity index (χ0v) is 13.3. The molecule has 0 spiro atoms. The molecule has 1 amide bonds. The summed E-state index contributed by atoms with van der Waals surface area (Å²) in [6, 6.07) is 9.71. The first-order valence-electron chi connectivity index (χ1n) is 6.80. The highest BCUT2D eigenvalue weighted by atomic mass is 35.5. The zero-order chi connectivity index (χ0) is 14.9. The Balaban J connectivity index is 1.69. The first kappa shape index (κ1) is 14.4. The summed E-state index contributed by atoms with van der Waals surface area (Å²) in [5, 5.41) is 5.63. The predicted octanol–water partition coefficient (Wildman–Crippen LogP) is 3.87. The lowest BCUT2D eigenvalue weighted by Crippen LogP contribution is -2.32.